The molecule has 0 aliphatic carbocycles. The summed E-state index contributed by atoms with van der Waals surface area (Å²) < 4.78 is 4.64. The largest absolute Gasteiger partial charge is 0.466 e. The van der Waals surface area contributed by atoms with Gasteiger partial charge in [0.25, 0.3) is 0 Å². The molecule has 2 aromatic rings. The van der Waals surface area contributed by atoms with Crippen LogP contribution in [-0.4, -0.2) is 13.1 Å². The van der Waals surface area contributed by atoms with Crippen LogP contribution in [0.15, 0.2) is 66.7 Å². The average Bonchev–Trinajstić information content (AvgIpc) is 2.58. The summed E-state index contributed by atoms with van der Waals surface area (Å²) in [4.78, 5) is 11.3. The topological polar surface area (TPSA) is 26.3 Å². The summed E-state index contributed by atoms with van der Waals surface area (Å²) in [5, 5.41) is 0. The van der Waals surface area contributed by atoms with Crippen LogP contribution in [-0.2, 0) is 9.53 Å². The predicted octanol–water partition coefficient (Wildman–Crippen LogP) is 4.69. The summed E-state index contributed by atoms with van der Waals surface area (Å²) in [6.45, 7) is 2.14. The van der Waals surface area contributed by atoms with Gasteiger partial charge in [0.2, 0.25) is 0 Å². The Balaban J connectivity index is 2.19. The van der Waals surface area contributed by atoms with Crippen LogP contribution in [0.3, 0.4) is 0 Å². The molecule has 2 heteroatoms. The highest BCUT2D eigenvalue weighted by Crippen LogP contribution is 2.23. The van der Waals surface area contributed by atoms with Crippen molar-refractivity contribution in [3.63, 3.8) is 0 Å². The Labute approximate surface area is 131 Å². The Morgan fingerprint density at radius 2 is 1.68 bits per heavy atom. The van der Waals surface area contributed by atoms with Crippen molar-refractivity contribution in [1.82, 2.24) is 0 Å². The SMILES string of the molecule is COC(=O)/C=C/c1ccccc1C(C)/C=C/c1ccccc1. The minimum absolute atomic E-state index is 0.249. The highest BCUT2D eigenvalue weighted by molar-refractivity contribution is 5.87. The lowest BCUT2D eigenvalue weighted by molar-refractivity contribution is -0.134. The number of allylic oxidation sites excluding steroid dienone is 1. The number of ether oxygens (including phenoxy) is 1. The van der Waals surface area contributed by atoms with Gasteiger partial charge in [-0.15, -0.1) is 0 Å². The minimum atomic E-state index is -0.345. The highest BCUT2D eigenvalue weighted by Gasteiger charge is 2.06. The minimum Gasteiger partial charge on any atom is -0.466 e. The number of rotatable bonds is 5. The van der Waals surface area contributed by atoms with Gasteiger partial charge in [0.15, 0.2) is 0 Å². The fourth-order valence-corrected chi connectivity index (χ4v) is 2.23. The molecule has 0 amide bonds. The summed E-state index contributed by atoms with van der Waals surface area (Å²) in [7, 11) is 1.38. The van der Waals surface area contributed by atoms with Crippen molar-refractivity contribution in [1.29, 1.82) is 0 Å². The maximum atomic E-state index is 11.3. The summed E-state index contributed by atoms with van der Waals surface area (Å²) >= 11 is 0. The molecule has 0 bridgehead atoms. The molecule has 0 fully saturated rings. The number of benzene rings is 2. The molecule has 0 spiro atoms. The lowest BCUT2D eigenvalue weighted by atomic mass is 9.94. The fraction of sp³-hybridized carbons (Fsp3) is 0.150. The van der Waals surface area contributed by atoms with Gasteiger partial charge in [-0.25, -0.2) is 4.79 Å². The molecule has 0 aliphatic rings. The molecule has 1 atom stereocenters. The normalized spacial score (nSPS) is 12.6. The average molecular weight is 292 g/mol. The molecule has 0 saturated carbocycles. The van der Waals surface area contributed by atoms with Crippen LogP contribution >= 0.6 is 0 Å². The monoisotopic (exact) mass is 292 g/mol. The molecule has 0 heterocycles. The molecule has 0 N–H and O–H groups in total. The maximum absolute atomic E-state index is 11.3. The molecule has 1 unspecified atom stereocenters. The van der Waals surface area contributed by atoms with Gasteiger partial charge in [-0.1, -0.05) is 73.7 Å². The van der Waals surface area contributed by atoms with E-state index in [0.29, 0.717) is 0 Å². The molecular weight excluding hydrogens is 272 g/mol. The van der Waals surface area contributed by atoms with Gasteiger partial charge in [0.1, 0.15) is 0 Å². The standard InChI is InChI=1S/C20H20O2/c1-16(12-13-17-8-4-3-5-9-17)19-11-7-6-10-18(19)14-15-20(21)22-2/h3-16H,1-2H3/b13-12+,15-14+. The Morgan fingerprint density at radius 3 is 2.41 bits per heavy atom. The van der Waals surface area contributed by atoms with Gasteiger partial charge in [-0.3, -0.25) is 0 Å². The summed E-state index contributed by atoms with van der Waals surface area (Å²) in [6, 6.07) is 18.3. The van der Waals surface area contributed by atoms with E-state index in [4.69, 9.17) is 0 Å². The van der Waals surface area contributed by atoms with Gasteiger partial charge in [-0.2, -0.15) is 0 Å². The maximum Gasteiger partial charge on any atom is 0.330 e. The van der Waals surface area contributed by atoms with Crippen LogP contribution in [0.2, 0.25) is 0 Å². The van der Waals surface area contributed by atoms with Crippen LogP contribution in [0.5, 0.6) is 0 Å². The molecule has 2 aromatic carbocycles. The van der Waals surface area contributed by atoms with E-state index < -0.39 is 0 Å². The Morgan fingerprint density at radius 1 is 1.00 bits per heavy atom. The van der Waals surface area contributed by atoms with Crippen molar-refractivity contribution in [3.8, 4) is 0 Å². The lowest BCUT2D eigenvalue weighted by Crippen LogP contribution is -1.96. The van der Waals surface area contributed by atoms with E-state index in [0.717, 1.165) is 5.56 Å². The molecule has 2 rings (SSSR count). The van der Waals surface area contributed by atoms with E-state index in [1.54, 1.807) is 6.08 Å². The Bertz CT molecular complexity index is 669. The van der Waals surface area contributed by atoms with E-state index >= 15 is 0 Å². The second kappa shape index (κ2) is 7.99. The van der Waals surface area contributed by atoms with Crippen molar-refractivity contribution in [2.45, 2.75) is 12.8 Å². The van der Waals surface area contributed by atoms with E-state index in [2.05, 4.69) is 42.0 Å². The van der Waals surface area contributed by atoms with Crippen molar-refractivity contribution in [3.05, 3.63) is 83.4 Å². The van der Waals surface area contributed by atoms with E-state index in [9.17, 15) is 4.79 Å². The zero-order valence-electron chi connectivity index (χ0n) is 12.9. The zero-order valence-corrected chi connectivity index (χ0v) is 12.9. The molecule has 2 nitrogen and oxygen atoms in total. The Hall–Kier alpha value is -2.61. The van der Waals surface area contributed by atoms with Gasteiger partial charge >= 0.3 is 5.97 Å². The third kappa shape index (κ3) is 4.45. The first-order chi connectivity index (χ1) is 10.7. The number of hydrogen-bond acceptors (Lipinski definition) is 2. The number of carbonyl (C=O) groups excluding carboxylic acids is 1. The highest BCUT2D eigenvalue weighted by atomic mass is 16.5. The van der Waals surface area contributed by atoms with Crippen LogP contribution in [0.25, 0.3) is 12.2 Å². The predicted molar refractivity (Wildman–Crippen MR) is 91.4 cm³/mol. The molecule has 22 heavy (non-hydrogen) atoms. The van der Waals surface area contributed by atoms with E-state index in [1.165, 1.54) is 24.3 Å². The van der Waals surface area contributed by atoms with Crippen LogP contribution in [0, 0.1) is 0 Å². The zero-order chi connectivity index (χ0) is 15.8. The third-order valence-corrected chi connectivity index (χ3v) is 3.46. The van der Waals surface area contributed by atoms with Gasteiger partial charge in [-0.05, 0) is 28.7 Å². The summed E-state index contributed by atoms with van der Waals surface area (Å²) in [5.41, 5.74) is 3.38. The summed E-state index contributed by atoms with van der Waals surface area (Å²) in [5.74, 6) is -0.0963. The van der Waals surface area contributed by atoms with E-state index in [1.807, 2.05) is 36.4 Å². The van der Waals surface area contributed by atoms with Gasteiger partial charge in [0, 0.05) is 6.08 Å². The summed E-state index contributed by atoms with van der Waals surface area (Å²) in [6.07, 6.45) is 7.53. The molecule has 0 aliphatic heterocycles. The second-order valence-electron chi connectivity index (χ2n) is 5.04. The van der Waals surface area contributed by atoms with E-state index in [-0.39, 0.29) is 11.9 Å². The number of hydrogen-bond donors (Lipinski definition) is 0. The Kier molecular flexibility index (Phi) is 5.73. The van der Waals surface area contributed by atoms with Crippen molar-refractivity contribution >= 4 is 18.1 Å². The van der Waals surface area contributed by atoms with Crippen LogP contribution in [0.1, 0.15) is 29.5 Å². The molecular formula is C20H20O2. The first kappa shape index (κ1) is 15.8. The smallest absolute Gasteiger partial charge is 0.330 e. The first-order valence-electron chi connectivity index (χ1n) is 7.29. The van der Waals surface area contributed by atoms with Crippen molar-refractivity contribution in [2.24, 2.45) is 0 Å². The third-order valence-electron chi connectivity index (χ3n) is 3.46. The quantitative estimate of drug-likeness (QED) is 0.590. The van der Waals surface area contributed by atoms with Crippen molar-refractivity contribution < 1.29 is 9.53 Å². The number of methoxy groups -OCH3 is 1. The van der Waals surface area contributed by atoms with Gasteiger partial charge in [0.05, 0.1) is 7.11 Å². The molecule has 0 saturated heterocycles. The first-order valence-corrected chi connectivity index (χ1v) is 7.29. The van der Waals surface area contributed by atoms with Crippen molar-refractivity contribution in [2.75, 3.05) is 7.11 Å². The fourth-order valence-electron chi connectivity index (χ4n) is 2.23. The van der Waals surface area contributed by atoms with Crippen LogP contribution < -0.4 is 0 Å². The number of carbonyl (C=O) groups is 1. The molecule has 112 valence electrons. The molecule has 0 aromatic heterocycles. The number of esters is 1. The van der Waals surface area contributed by atoms with Crippen LogP contribution in [0.4, 0.5) is 0 Å². The van der Waals surface area contributed by atoms with Gasteiger partial charge < -0.3 is 4.74 Å². The molecule has 0 radical (unpaired) electrons. The second-order valence-corrected chi connectivity index (χ2v) is 5.04. The lowest BCUT2D eigenvalue weighted by Gasteiger charge is -2.10.